The minimum Gasteiger partial charge on any atom is -0.443 e. The van der Waals surface area contributed by atoms with E-state index in [0.29, 0.717) is 10.9 Å². The van der Waals surface area contributed by atoms with Gasteiger partial charge in [0.1, 0.15) is 0 Å². The summed E-state index contributed by atoms with van der Waals surface area (Å²) in [7, 11) is -2.45. The van der Waals surface area contributed by atoms with Crippen molar-refractivity contribution in [3.05, 3.63) is 49.1 Å². The number of nitrogens with zero attached hydrogens (tertiary/aromatic N) is 2. The van der Waals surface area contributed by atoms with Crippen LogP contribution in [0.15, 0.2) is 49.1 Å². The summed E-state index contributed by atoms with van der Waals surface area (Å²) in [5.74, 6) is 0. The lowest BCUT2D eigenvalue weighted by Crippen LogP contribution is -2.45. The minimum atomic E-state index is -1.22. The lowest BCUT2D eigenvalue weighted by atomic mass is 9.72. The van der Waals surface area contributed by atoms with Crippen molar-refractivity contribution >= 4 is 25.2 Å². The van der Waals surface area contributed by atoms with Gasteiger partial charge in [-0.15, -0.1) is 0 Å². The molecule has 0 bridgehead atoms. The van der Waals surface area contributed by atoms with Crippen LogP contribution in [0.2, 0.25) is 0 Å². The van der Waals surface area contributed by atoms with Crippen LogP contribution in [0.5, 0.6) is 0 Å². The molecule has 0 aliphatic rings. The van der Waals surface area contributed by atoms with E-state index in [4.69, 9.17) is 4.57 Å². The van der Waals surface area contributed by atoms with Crippen LogP contribution >= 0.6 is 0 Å². The van der Waals surface area contributed by atoms with Gasteiger partial charge in [0.25, 0.3) is 0 Å². The van der Waals surface area contributed by atoms with Gasteiger partial charge in [-0.3, -0.25) is 9.97 Å². The van der Waals surface area contributed by atoms with Gasteiger partial charge >= 0.3 is 14.2 Å². The molecule has 2 N–H and O–H groups in total. The van der Waals surface area contributed by atoms with Crippen molar-refractivity contribution in [2.45, 2.75) is 0 Å². The van der Waals surface area contributed by atoms with E-state index in [9.17, 15) is 10.0 Å². The molecule has 7 heteroatoms. The third-order valence-electron chi connectivity index (χ3n) is 2.20. The third-order valence-corrected chi connectivity index (χ3v) is 2.20. The van der Waals surface area contributed by atoms with Crippen LogP contribution in [0, 0.1) is 0 Å². The summed E-state index contributed by atoms with van der Waals surface area (Å²) >= 11 is 0. The van der Waals surface area contributed by atoms with E-state index in [1.807, 2.05) is 0 Å². The highest BCUT2D eigenvalue weighted by molar-refractivity contribution is 6.72. The maximum Gasteiger partial charge on any atom is 0.479 e. The summed E-state index contributed by atoms with van der Waals surface area (Å²) < 4.78 is 5.05. The van der Waals surface area contributed by atoms with Gasteiger partial charge in [0.05, 0.1) is 0 Å². The molecule has 0 atom stereocenters. The Morgan fingerprint density at radius 1 is 0.882 bits per heavy atom. The smallest absolute Gasteiger partial charge is 0.443 e. The second kappa shape index (κ2) is 5.58. The standard InChI is InChI=1S/C10H10B2N2O3/c15-11(9-3-1-5-13-7-9)17-12(16)10-4-2-6-14-8-10/h1-8,15-16H. The van der Waals surface area contributed by atoms with Gasteiger partial charge in [-0.25, -0.2) is 0 Å². The average molecular weight is 228 g/mol. The van der Waals surface area contributed by atoms with Crippen molar-refractivity contribution in [3.63, 3.8) is 0 Å². The molecule has 2 aromatic rings. The zero-order valence-electron chi connectivity index (χ0n) is 8.97. The van der Waals surface area contributed by atoms with Gasteiger partial charge in [0.15, 0.2) is 0 Å². The van der Waals surface area contributed by atoms with Crippen LogP contribution < -0.4 is 10.9 Å². The van der Waals surface area contributed by atoms with E-state index in [0.717, 1.165) is 0 Å². The van der Waals surface area contributed by atoms with Crippen LogP contribution in [-0.4, -0.2) is 34.3 Å². The Labute approximate surface area is 99.4 Å². The van der Waals surface area contributed by atoms with E-state index >= 15 is 0 Å². The highest BCUT2D eigenvalue weighted by atomic mass is 16.5. The van der Waals surface area contributed by atoms with Crippen molar-refractivity contribution in [3.8, 4) is 0 Å². The van der Waals surface area contributed by atoms with Crippen molar-refractivity contribution in [1.82, 2.24) is 9.97 Å². The van der Waals surface area contributed by atoms with Crippen molar-refractivity contribution < 1.29 is 14.6 Å². The molecule has 0 aliphatic heterocycles. The molecule has 2 aromatic heterocycles. The van der Waals surface area contributed by atoms with E-state index in [1.54, 1.807) is 36.7 Å². The Bertz CT molecular complexity index is 414. The normalized spacial score (nSPS) is 10.0. The van der Waals surface area contributed by atoms with Crippen LogP contribution in [0.4, 0.5) is 0 Å². The van der Waals surface area contributed by atoms with Gasteiger partial charge < -0.3 is 14.6 Å². The predicted octanol–water partition coefficient (Wildman–Crippen LogP) is -1.43. The fourth-order valence-corrected chi connectivity index (χ4v) is 1.32. The second-order valence-electron chi connectivity index (χ2n) is 3.41. The van der Waals surface area contributed by atoms with E-state index < -0.39 is 14.2 Å². The Kier molecular flexibility index (Phi) is 3.87. The molecule has 2 rings (SSSR count). The molecule has 17 heavy (non-hydrogen) atoms. The summed E-state index contributed by atoms with van der Waals surface area (Å²) in [5, 5.41) is 19.4. The Hall–Kier alpha value is -1.69. The molecule has 0 aliphatic carbocycles. The molecule has 0 saturated heterocycles. The maximum absolute atomic E-state index is 9.71. The Morgan fingerprint density at radius 3 is 1.71 bits per heavy atom. The highest BCUT2D eigenvalue weighted by Crippen LogP contribution is 1.90. The predicted molar refractivity (Wildman–Crippen MR) is 64.8 cm³/mol. The van der Waals surface area contributed by atoms with Crippen LogP contribution in [0.3, 0.4) is 0 Å². The lowest BCUT2D eigenvalue weighted by Gasteiger charge is -2.11. The van der Waals surface area contributed by atoms with Crippen molar-refractivity contribution in [2.75, 3.05) is 0 Å². The van der Waals surface area contributed by atoms with Crippen molar-refractivity contribution in [1.29, 1.82) is 0 Å². The molecule has 0 aromatic carbocycles. The fourth-order valence-electron chi connectivity index (χ4n) is 1.32. The van der Waals surface area contributed by atoms with Crippen LogP contribution in [-0.2, 0) is 4.57 Å². The number of hydrogen-bond acceptors (Lipinski definition) is 5. The number of aromatic nitrogens is 2. The van der Waals surface area contributed by atoms with Gasteiger partial charge in [-0.05, 0) is 23.1 Å². The lowest BCUT2D eigenvalue weighted by molar-refractivity contribution is 0.378. The quantitative estimate of drug-likeness (QED) is 0.627. The Balaban J connectivity index is 2.02. The molecular weight excluding hydrogens is 218 g/mol. The summed E-state index contributed by atoms with van der Waals surface area (Å²) in [6, 6.07) is 6.68. The molecule has 5 nitrogen and oxygen atoms in total. The molecule has 0 saturated carbocycles. The first-order chi connectivity index (χ1) is 8.27. The second-order valence-corrected chi connectivity index (χ2v) is 3.41. The maximum atomic E-state index is 9.71. The summed E-state index contributed by atoms with van der Waals surface area (Å²) in [6.07, 6.45) is 6.13. The number of pyridine rings is 2. The summed E-state index contributed by atoms with van der Waals surface area (Å²) in [4.78, 5) is 7.70. The van der Waals surface area contributed by atoms with Gasteiger partial charge in [0.2, 0.25) is 0 Å². The van der Waals surface area contributed by atoms with Gasteiger partial charge in [-0.2, -0.15) is 0 Å². The molecular formula is C10H10B2N2O3. The van der Waals surface area contributed by atoms with Crippen molar-refractivity contribution in [2.24, 2.45) is 0 Å². The SMILES string of the molecule is OB(OB(O)c1cccnc1)c1cccnc1. The van der Waals surface area contributed by atoms with Gasteiger partial charge in [0, 0.05) is 24.8 Å². The van der Waals surface area contributed by atoms with Crippen LogP contribution in [0.25, 0.3) is 0 Å². The largest absolute Gasteiger partial charge is 0.479 e. The van der Waals surface area contributed by atoms with Crippen LogP contribution in [0.1, 0.15) is 0 Å². The topological polar surface area (TPSA) is 75.5 Å². The minimum absolute atomic E-state index is 0.482. The molecule has 0 unspecified atom stereocenters. The zero-order chi connectivity index (χ0) is 12.1. The first-order valence-corrected chi connectivity index (χ1v) is 5.09. The molecule has 2 heterocycles. The molecule has 0 amide bonds. The monoisotopic (exact) mass is 228 g/mol. The first kappa shape index (κ1) is 11.8. The molecule has 0 spiro atoms. The summed E-state index contributed by atoms with van der Waals surface area (Å²) in [5.41, 5.74) is 0.964. The fraction of sp³-hybridized carbons (Fsp3) is 0. The molecule has 0 radical (unpaired) electrons. The third kappa shape index (κ3) is 3.13. The van der Waals surface area contributed by atoms with E-state index in [2.05, 4.69) is 9.97 Å². The van der Waals surface area contributed by atoms with E-state index in [-0.39, 0.29) is 0 Å². The highest BCUT2D eigenvalue weighted by Gasteiger charge is 2.25. The number of rotatable bonds is 4. The molecule has 0 fully saturated rings. The Morgan fingerprint density at radius 2 is 1.35 bits per heavy atom. The average Bonchev–Trinajstić information content (AvgIpc) is 2.40. The molecule has 84 valence electrons. The van der Waals surface area contributed by atoms with Gasteiger partial charge in [-0.1, -0.05) is 12.1 Å². The zero-order valence-corrected chi connectivity index (χ0v) is 8.97. The summed E-state index contributed by atoms with van der Waals surface area (Å²) in [6.45, 7) is 0. The van der Waals surface area contributed by atoms with E-state index in [1.165, 1.54) is 12.4 Å². The number of hydrogen-bond donors (Lipinski definition) is 2. The first-order valence-electron chi connectivity index (χ1n) is 5.09.